The SMILES string of the molecule is CC1=CC(C(C)(C)C)=CC1C(CC1c2ccccc2-c2cc(C(C)(C)C)ccc21)c1ccccc1. The van der Waals surface area contributed by atoms with Gasteiger partial charge in [0.15, 0.2) is 0 Å². The first-order valence-electron chi connectivity index (χ1n) is 13.2. The van der Waals surface area contributed by atoms with E-state index in [2.05, 4.69) is 133 Å². The summed E-state index contributed by atoms with van der Waals surface area (Å²) >= 11 is 0. The second kappa shape index (κ2) is 8.66. The first-order valence-corrected chi connectivity index (χ1v) is 13.2. The van der Waals surface area contributed by atoms with Gasteiger partial charge in [0.05, 0.1) is 0 Å². The molecule has 2 aliphatic rings. The normalized spacial score (nSPS) is 20.2. The van der Waals surface area contributed by atoms with Crippen LogP contribution in [0.1, 0.15) is 89.0 Å². The van der Waals surface area contributed by atoms with E-state index < -0.39 is 0 Å². The molecule has 0 saturated heterocycles. The van der Waals surface area contributed by atoms with E-state index in [1.54, 1.807) is 0 Å². The fraction of sp³-hybridized carbons (Fsp3) is 0.371. The summed E-state index contributed by atoms with van der Waals surface area (Å²) in [5.41, 5.74) is 12.0. The van der Waals surface area contributed by atoms with Crippen molar-refractivity contribution in [2.75, 3.05) is 0 Å². The van der Waals surface area contributed by atoms with Gasteiger partial charge in [-0.1, -0.05) is 132 Å². The average molecular weight is 461 g/mol. The molecule has 5 rings (SSSR count). The third-order valence-corrected chi connectivity index (χ3v) is 8.21. The van der Waals surface area contributed by atoms with E-state index in [0.29, 0.717) is 17.8 Å². The summed E-state index contributed by atoms with van der Waals surface area (Å²) in [6.45, 7) is 16.3. The quantitative estimate of drug-likeness (QED) is 0.363. The fourth-order valence-corrected chi connectivity index (χ4v) is 6.09. The third kappa shape index (κ3) is 4.44. The molecule has 3 unspecified atom stereocenters. The summed E-state index contributed by atoms with van der Waals surface area (Å²) in [6.07, 6.45) is 6.14. The van der Waals surface area contributed by atoms with E-state index in [1.165, 1.54) is 44.5 Å². The Labute approximate surface area is 212 Å². The largest absolute Gasteiger partial charge is 0.0730 e. The predicted molar refractivity (Wildman–Crippen MR) is 151 cm³/mol. The van der Waals surface area contributed by atoms with Crippen LogP contribution in [0.3, 0.4) is 0 Å². The topological polar surface area (TPSA) is 0 Å². The van der Waals surface area contributed by atoms with Gasteiger partial charge < -0.3 is 0 Å². The van der Waals surface area contributed by atoms with Crippen molar-refractivity contribution in [2.24, 2.45) is 11.3 Å². The number of hydrogen-bond donors (Lipinski definition) is 0. The number of fused-ring (bicyclic) bond motifs is 3. The van der Waals surface area contributed by atoms with Gasteiger partial charge in [0, 0.05) is 11.8 Å². The fourth-order valence-electron chi connectivity index (χ4n) is 6.09. The first kappa shape index (κ1) is 23.9. The molecule has 0 aromatic heterocycles. The van der Waals surface area contributed by atoms with Crippen molar-refractivity contribution >= 4 is 0 Å². The summed E-state index contributed by atoms with van der Waals surface area (Å²) in [5.74, 6) is 1.30. The van der Waals surface area contributed by atoms with Crippen molar-refractivity contribution in [1.82, 2.24) is 0 Å². The highest BCUT2D eigenvalue weighted by Gasteiger charge is 2.36. The van der Waals surface area contributed by atoms with Gasteiger partial charge in [-0.25, -0.2) is 0 Å². The summed E-state index contributed by atoms with van der Waals surface area (Å²) < 4.78 is 0. The molecule has 0 fully saturated rings. The first-order chi connectivity index (χ1) is 16.5. The van der Waals surface area contributed by atoms with E-state index in [0.717, 1.165) is 6.42 Å². The highest BCUT2D eigenvalue weighted by atomic mass is 14.4. The maximum Gasteiger partial charge on any atom is 0.0108 e. The van der Waals surface area contributed by atoms with E-state index in [9.17, 15) is 0 Å². The van der Waals surface area contributed by atoms with Crippen molar-refractivity contribution in [2.45, 2.75) is 72.1 Å². The Kier molecular flexibility index (Phi) is 5.91. The second-order valence-corrected chi connectivity index (χ2v) is 12.7. The molecule has 0 bridgehead atoms. The summed E-state index contributed by atoms with van der Waals surface area (Å²) in [5, 5.41) is 0. The maximum absolute atomic E-state index is 2.57. The minimum absolute atomic E-state index is 0.147. The van der Waals surface area contributed by atoms with Crippen LogP contribution < -0.4 is 0 Å². The standard InChI is InChI=1S/C35H40/c1-23-19-26(35(5,6)7)21-30(23)31(24-13-9-8-10-14-24)22-33-28-16-12-11-15-27(28)32-20-25(34(2,3)4)17-18-29(32)33/h8-21,30-31,33H,22H2,1-7H3. The molecule has 0 heterocycles. The van der Waals surface area contributed by atoms with Gasteiger partial charge in [0.2, 0.25) is 0 Å². The van der Waals surface area contributed by atoms with Crippen LogP contribution in [0.4, 0.5) is 0 Å². The van der Waals surface area contributed by atoms with Gasteiger partial charge in [0.25, 0.3) is 0 Å². The minimum Gasteiger partial charge on any atom is -0.0730 e. The van der Waals surface area contributed by atoms with Crippen LogP contribution >= 0.6 is 0 Å². The highest BCUT2D eigenvalue weighted by molar-refractivity contribution is 5.79. The number of rotatable bonds is 4. The molecule has 3 aromatic carbocycles. The van der Waals surface area contributed by atoms with E-state index in [1.807, 2.05) is 0 Å². The highest BCUT2D eigenvalue weighted by Crippen LogP contribution is 2.52. The van der Waals surface area contributed by atoms with Gasteiger partial charge in [-0.2, -0.15) is 0 Å². The average Bonchev–Trinajstić information content (AvgIpc) is 3.35. The molecule has 35 heavy (non-hydrogen) atoms. The Hall–Kier alpha value is -2.86. The lowest BCUT2D eigenvalue weighted by atomic mass is 9.75. The molecular formula is C35H40. The Morgan fingerprint density at radius 3 is 2.03 bits per heavy atom. The Morgan fingerprint density at radius 1 is 0.714 bits per heavy atom. The molecule has 0 nitrogen and oxygen atoms in total. The monoisotopic (exact) mass is 460 g/mol. The molecule has 2 aliphatic carbocycles. The van der Waals surface area contributed by atoms with Gasteiger partial charge in [0.1, 0.15) is 0 Å². The zero-order chi connectivity index (χ0) is 25.0. The number of benzene rings is 3. The van der Waals surface area contributed by atoms with E-state index >= 15 is 0 Å². The van der Waals surface area contributed by atoms with Crippen LogP contribution in [-0.2, 0) is 5.41 Å². The van der Waals surface area contributed by atoms with Gasteiger partial charge >= 0.3 is 0 Å². The summed E-state index contributed by atoms with van der Waals surface area (Å²) in [4.78, 5) is 0. The van der Waals surface area contributed by atoms with Crippen molar-refractivity contribution in [1.29, 1.82) is 0 Å². The van der Waals surface area contributed by atoms with Gasteiger partial charge in [-0.15, -0.1) is 0 Å². The Morgan fingerprint density at radius 2 is 1.37 bits per heavy atom. The van der Waals surface area contributed by atoms with Crippen LogP contribution in [0.5, 0.6) is 0 Å². The van der Waals surface area contributed by atoms with Crippen molar-refractivity contribution in [3.63, 3.8) is 0 Å². The molecule has 0 amide bonds. The molecule has 180 valence electrons. The molecule has 0 saturated carbocycles. The molecular weight excluding hydrogens is 420 g/mol. The maximum atomic E-state index is 2.57. The van der Waals surface area contributed by atoms with E-state index in [-0.39, 0.29) is 10.8 Å². The second-order valence-electron chi connectivity index (χ2n) is 12.7. The molecule has 0 spiro atoms. The molecule has 0 radical (unpaired) electrons. The molecule has 0 N–H and O–H groups in total. The minimum atomic E-state index is 0.147. The van der Waals surface area contributed by atoms with Crippen molar-refractivity contribution in [3.05, 3.63) is 118 Å². The zero-order valence-electron chi connectivity index (χ0n) is 22.5. The Balaban J connectivity index is 1.60. The van der Waals surface area contributed by atoms with Crippen LogP contribution in [-0.4, -0.2) is 0 Å². The smallest absolute Gasteiger partial charge is 0.0108 e. The lowest BCUT2D eigenvalue weighted by Gasteiger charge is -2.29. The van der Waals surface area contributed by atoms with Crippen LogP contribution in [0.25, 0.3) is 11.1 Å². The van der Waals surface area contributed by atoms with Crippen molar-refractivity contribution in [3.8, 4) is 11.1 Å². The summed E-state index contributed by atoms with van der Waals surface area (Å²) in [6, 6.07) is 27.6. The van der Waals surface area contributed by atoms with E-state index in [4.69, 9.17) is 0 Å². The lowest BCUT2D eigenvalue weighted by molar-refractivity contribution is 0.493. The molecule has 3 atom stereocenters. The van der Waals surface area contributed by atoms with Crippen LogP contribution in [0.15, 0.2) is 96.1 Å². The van der Waals surface area contributed by atoms with Crippen molar-refractivity contribution < 1.29 is 0 Å². The molecule has 0 heteroatoms. The Bertz CT molecular complexity index is 1290. The zero-order valence-corrected chi connectivity index (χ0v) is 22.5. The number of allylic oxidation sites excluding steroid dienone is 4. The predicted octanol–water partition coefficient (Wildman–Crippen LogP) is 9.82. The summed E-state index contributed by atoms with van der Waals surface area (Å²) in [7, 11) is 0. The molecule has 3 aromatic rings. The number of hydrogen-bond acceptors (Lipinski definition) is 0. The molecule has 0 aliphatic heterocycles. The lowest BCUT2D eigenvalue weighted by Crippen LogP contribution is -2.15. The van der Waals surface area contributed by atoms with Crippen LogP contribution in [0, 0.1) is 11.3 Å². The van der Waals surface area contributed by atoms with Gasteiger partial charge in [-0.3, -0.25) is 0 Å². The third-order valence-electron chi connectivity index (χ3n) is 8.21. The van der Waals surface area contributed by atoms with Gasteiger partial charge in [-0.05, 0) is 69.0 Å². The van der Waals surface area contributed by atoms with Crippen LogP contribution in [0.2, 0.25) is 0 Å².